The van der Waals surface area contributed by atoms with E-state index in [1.807, 2.05) is 0 Å². The Morgan fingerprint density at radius 3 is 2.74 bits per heavy atom. The molecule has 10 heteroatoms. The molecule has 1 unspecified atom stereocenters. The molecule has 1 heterocycles. The van der Waals surface area contributed by atoms with E-state index in [9.17, 15) is 9.90 Å². The average molecular weight is 392 g/mol. The summed E-state index contributed by atoms with van der Waals surface area (Å²) >= 11 is 0. The number of carbonyl (C=O) groups is 1. The van der Waals surface area contributed by atoms with Crippen LogP contribution in [0.4, 0.5) is 0 Å². The molecule has 0 amide bonds. The van der Waals surface area contributed by atoms with Gasteiger partial charge in [-0.15, -0.1) is 0 Å². The van der Waals surface area contributed by atoms with Crippen molar-refractivity contribution in [1.82, 2.24) is 9.78 Å². The molecule has 0 fully saturated rings. The van der Waals surface area contributed by atoms with Crippen molar-refractivity contribution in [2.45, 2.75) is 45.4 Å². The summed E-state index contributed by atoms with van der Waals surface area (Å²) in [6.07, 6.45) is 1.70. The first kappa shape index (κ1) is 20.8. The number of azide groups is 1. The number of nitrogens with zero attached hydrogens (tertiary/aromatic N) is 5. The van der Waals surface area contributed by atoms with E-state index >= 15 is 0 Å². The molecule has 146 valence electrons. The van der Waals surface area contributed by atoms with E-state index in [0.717, 1.165) is 6.04 Å². The second-order valence-electron chi connectivity index (χ2n) is 7.51. The van der Waals surface area contributed by atoms with Crippen LogP contribution >= 0.6 is 0 Å². The van der Waals surface area contributed by atoms with Crippen molar-refractivity contribution >= 4 is 24.9 Å². The Morgan fingerprint density at radius 2 is 2.19 bits per heavy atom. The van der Waals surface area contributed by atoms with Gasteiger partial charge in [-0.2, -0.15) is 5.10 Å². The van der Waals surface area contributed by atoms with Crippen LogP contribution in [0.5, 0.6) is 5.75 Å². The fourth-order valence-corrected chi connectivity index (χ4v) is 3.43. The lowest BCUT2D eigenvalue weighted by molar-refractivity contribution is 0.0697. The predicted octanol–water partition coefficient (Wildman–Crippen LogP) is 4.43. The van der Waals surface area contributed by atoms with Crippen molar-refractivity contribution in [3.05, 3.63) is 33.8 Å². The first-order valence-corrected chi connectivity index (χ1v) is 12.3. The van der Waals surface area contributed by atoms with Gasteiger partial charge in [-0.25, -0.2) is 9.48 Å². The van der Waals surface area contributed by atoms with Crippen molar-refractivity contribution in [2.24, 2.45) is 5.11 Å². The molecule has 9 nitrogen and oxygen atoms in total. The lowest BCUT2D eigenvalue weighted by Crippen LogP contribution is -2.22. The molecule has 1 N–H and O–H groups in total. The number of rotatable bonds is 9. The summed E-state index contributed by atoms with van der Waals surface area (Å²) in [5, 5.41) is 18.1. The van der Waals surface area contributed by atoms with Crippen LogP contribution in [0, 0.1) is 0 Å². The number of hydrogen-bond acceptors (Lipinski definition) is 5. The number of hydrogen-bond donors (Lipinski definition) is 1. The number of fused-ring (bicyclic) bond motifs is 1. The van der Waals surface area contributed by atoms with Gasteiger partial charge in [0.2, 0.25) is 0 Å². The van der Waals surface area contributed by atoms with Gasteiger partial charge in [0.05, 0.1) is 24.1 Å². The Hall–Kier alpha value is -2.55. The Bertz CT molecular complexity index is 884. The fraction of sp³-hybridized carbons (Fsp3) is 0.529. The third kappa shape index (κ3) is 5.00. The van der Waals surface area contributed by atoms with E-state index in [0.29, 0.717) is 28.8 Å². The highest BCUT2D eigenvalue weighted by Gasteiger charge is 2.22. The third-order valence-electron chi connectivity index (χ3n) is 4.15. The van der Waals surface area contributed by atoms with Gasteiger partial charge in [-0.3, -0.25) is 0 Å². The van der Waals surface area contributed by atoms with Crippen molar-refractivity contribution in [3.8, 4) is 5.75 Å². The van der Waals surface area contributed by atoms with Crippen molar-refractivity contribution < 1.29 is 19.4 Å². The summed E-state index contributed by atoms with van der Waals surface area (Å²) in [5.74, 6) is -0.662. The highest BCUT2D eigenvalue weighted by molar-refractivity contribution is 6.76. The number of methoxy groups -OCH3 is 1. The molecular formula is C17H25N5O4Si. The van der Waals surface area contributed by atoms with Gasteiger partial charge in [0, 0.05) is 31.4 Å². The molecule has 2 rings (SSSR count). The van der Waals surface area contributed by atoms with Crippen LogP contribution in [-0.4, -0.2) is 42.6 Å². The molecular weight excluding hydrogens is 366 g/mol. The third-order valence-corrected chi connectivity index (χ3v) is 5.86. The largest absolute Gasteiger partial charge is 0.496 e. The second-order valence-corrected chi connectivity index (χ2v) is 13.1. The Balaban J connectivity index is 2.43. The number of carboxylic acid groups (broad SMARTS) is 1. The van der Waals surface area contributed by atoms with Crippen LogP contribution in [0.25, 0.3) is 21.3 Å². The first-order chi connectivity index (χ1) is 12.7. The van der Waals surface area contributed by atoms with Crippen LogP contribution in [0.15, 0.2) is 17.4 Å². The summed E-state index contributed by atoms with van der Waals surface area (Å²) in [5.41, 5.74) is 9.55. The summed E-state index contributed by atoms with van der Waals surface area (Å²) < 4.78 is 12.7. The molecule has 1 aromatic heterocycles. The molecule has 0 saturated heterocycles. The SMILES string of the molecule is COc1c(C(C)N=[N+]=[N-])cc(C(=O)O)c2nn(COCC[Si](C)(C)C)cc12. The fourth-order valence-electron chi connectivity index (χ4n) is 2.67. The van der Waals surface area contributed by atoms with Crippen molar-refractivity contribution in [3.63, 3.8) is 0 Å². The van der Waals surface area contributed by atoms with Gasteiger partial charge in [-0.05, 0) is 17.6 Å². The molecule has 2 aromatic rings. The summed E-state index contributed by atoms with van der Waals surface area (Å²) in [7, 11) is 0.303. The monoisotopic (exact) mass is 391 g/mol. The zero-order valence-corrected chi connectivity index (χ0v) is 17.3. The van der Waals surface area contributed by atoms with Crippen LogP contribution in [0.1, 0.15) is 28.9 Å². The number of ether oxygens (including phenoxy) is 2. The van der Waals surface area contributed by atoms with Crippen LogP contribution < -0.4 is 4.74 Å². The van der Waals surface area contributed by atoms with Crippen LogP contribution in [-0.2, 0) is 11.5 Å². The molecule has 0 radical (unpaired) electrons. The van der Waals surface area contributed by atoms with Gasteiger partial charge >= 0.3 is 5.97 Å². The van der Waals surface area contributed by atoms with Gasteiger partial charge in [0.1, 0.15) is 18.0 Å². The highest BCUT2D eigenvalue weighted by Crippen LogP contribution is 2.37. The lowest BCUT2D eigenvalue weighted by atomic mass is 10.0. The molecule has 0 spiro atoms. The van der Waals surface area contributed by atoms with Gasteiger partial charge in [0.25, 0.3) is 0 Å². The lowest BCUT2D eigenvalue weighted by Gasteiger charge is -2.15. The Labute approximate surface area is 158 Å². The van der Waals surface area contributed by atoms with Gasteiger partial charge in [0.15, 0.2) is 0 Å². The van der Waals surface area contributed by atoms with E-state index in [1.165, 1.54) is 13.2 Å². The number of benzene rings is 1. The molecule has 0 aliphatic rings. The topological polar surface area (TPSA) is 122 Å². The van der Waals surface area contributed by atoms with Crippen molar-refractivity contribution in [1.29, 1.82) is 0 Å². The highest BCUT2D eigenvalue weighted by atomic mass is 28.3. The minimum absolute atomic E-state index is 0.0293. The van der Waals surface area contributed by atoms with E-state index < -0.39 is 20.1 Å². The number of aromatic carboxylic acids is 1. The van der Waals surface area contributed by atoms with Crippen LogP contribution in [0.2, 0.25) is 25.7 Å². The van der Waals surface area contributed by atoms with E-state index in [1.54, 1.807) is 17.8 Å². The minimum atomic E-state index is -1.19. The van der Waals surface area contributed by atoms with E-state index in [2.05, 4.69) is 34.8 Å². The molecule has 0 aliphatic carbocycles. The number of aromatic nitrogens is 2. The summed E-state index contributed by atoms with van der Waals surface area (Å²) in [6.45, 7) is 9.36. The molecule has 0 bridgehead atoms. The zero-order valence-electron chi connectivity index (χ0n) is 16.3. The minimum Gasteiger partial charge on any atom is -0.496 e. The first-order valence-electron chi connectivity index (χ1n) is 8.61. The molecule has 1 aromatic carbocycles. The van der Waals surface area contributed by atoms with E-state index in [-0.39, 0.29) is 12.3 Å². The Kier molecular flexibility index (Phi) is 6.48. The maximum absolute atomic E-state index is 11.7. The summed E-state index contributed by atoms with van der Waals surface area (Å²) in [6, 6.07) is 1.90. The second kappa shape index (κ2) is 8.42. The van der Waals surface area contributed by atoms with Crippen LogP contribution in [0.3, 0.4) is 0 Å². The zero-order chi connectivity index (χ0) is 20.2. The van der Waals surface area contributed by atoms with Crippen molar-refractivity contribution in [2.75, 3.05) is 13.7 Å². The van der Waals surface area contributed by atoms with Gasteiger partial charge in [-0.1, -0.05) is 31.7 Å². The Morgan fingerprint density at radius 1 is 1.48 bits per heavy atom. The van der Waals surface area contributed by atoms with E-state index in [4.69, 9.17) is 15.0 Å². The van der Waals surface area contributed by atoms with Gasteiger partial charge < -0.3 is 14.6 Å². The molecule has 1 atom stereocenters. The maximum atomic E-state index is 11.7. The summed E-state index contributed by atoms with van der Waals surface area (Å²) in [4.78, 5) is 14.5. The molecule has 0 saturated carbocycles. The normalized spacial score (nSPS) is 12.6. The molecule has 27 heavy (non-hydrogen) atoms. The average Bonchev–Trinajstić information content (AvgIpc) is 3.00. The maximum Gasteiger partial charge on any atom is 0.338 e. The quantitative estimate of drug-likeness (QED) is 0.223. The predicted molar refractivity (Wildman–Crippen MR) is 105 cm³/mol. The number of carboxylic acids is 1. The smallest absolute Gasteiger partial charge is 0.338 e. The molecule has 0 aliphatic heterocycles. The standard InChI is InChI=1S/C17H25N5O4Si/c1-11(19-21-18)12-8-13(17(23)24)15-14(16(12)25-2)9-22(20-15)10-26-6-7-27(3,4)5/h8-9,11H,6-7,10H2,1-5H3,(H,23,24).